The van der Waals surface area contributed by atoms with Gasteiger partial charge in [0.15, 0.2) is 0 Å². The molecule has 1 fully saturated rings. The summed E-state index contributed by atoms with van der Waals surface area (Å²) < 4.78 is 2.08. The van der Waals surface area contributed by atoms with Gasteiger partial charge in [-0.1, -0.05) is 32.6 Å². The molecule has 0 spiro atoms. The largest absolute Gasteiger partial charge is 0.307 e. The lowest BCUT2D eigenvalue weighted by atomic mass is 9.91. The van der Waals surface area contributed by atoms with Crippen LogP contribution in [0.1, 0.15) is 82.0 Å². The quantitative estimate of drug-likeness (QED) is 0.844. The Bertz CT molecular complexity index is 451. The minimum atomic E-state index is 0.551. The normalized spacial score (nSPS) is 29.9. The highest BCUT2D eigenvalue weighted by Gasteiger charge is 2.26. The Kier molecular flexibility index (Phi) is 4.99. The lowest BCUT2D eigenvalue weighted by molar-refractivity contribution is 0.358. The van der Waals surface area contributed by atoms with Crippen LogP contribution in [0.2, 0.25) is 0 Å². The van der Waals surface area contributed by atoms with Gasteiger partial charge in [-0.25, -0.2) is 0 Å². The van der Waals surface area contributed by atoms with Crippen molar-refractivity contribution in [3.05, 3.63) is 17.5 Å². The molecule has 3 rings (SSSR count). The topological polar surface area (TPSA) is 29.9 Å². The first kappa shape index (κ1) is 15.1. The number of aryl methyl sites for hydroxylation is 1. The van der Waals surface area contributed by atoms with Crippen LogP contribution >= 0.6 is 0 Å². The molecular weight excluding hydrogens is 258 g/mol. The van der Waals surface area contributed by atoms with E-state index >= 15 is 0 Å². The highest BCUT2D eigenvalue weighted by molar-refractivity contribution is 5.24. The van der Waals surface area contributed by atoms with Gasteiger partial charge < -0.3 is 5.32 Å². The van der Waals surface area contributed by atoms with Crippen molar-refractivity contribution in [1.29, 1.82) is 0 Å². The standard InChI is InChI=1S/C18H31N3/c1-3-6-14-7-4-8-15(12-11-14)20-17-9-5-10-18-16(17)13-19-21(18)2/h13-15,17,20H,3-12H2,1-2H3. The minimum Gasteiger partial charge on any atom is -0.307 e. The van der Waals surface area contributed by atoms with Gasteiger partial charge in [0.05, 0.1) is 6.20 Å². The van der Waals surface area contributed by atoms with Crippen LogP contribution in [0.15, 0.2) is 6.20 Å². The molecule has 1 saturated carbocycles. The summed E-state index contributed by atoms with van der Waals surface area (Å²) in [6, 6.07) is 1.28. The molecule has 0 radical (unpaired) electrons. The number of aromatic nitrogens is 2. The Hall–Kier alpha value is -0.830. The number of hydrogen-bond donors (Lipinski definition) is 1. The lowest BCUT2D eigenvalue weighted by Crippen LogP contribution is -2.34. The lowest BCUT2D eigenvalue weighted by Gasteiger charge is -2.28. The summed E-state index contributed by atoms with van der Waals surface area (Å²) in [7, 11) is 2.09. The molecule has 21 heavy (non-hydrogen) atoms. The molecule has 0 aliphatic heterocycles. The van der Waals surface area contributed by atoms with Crippen molar-refractivity contribution in [2.24, 2.45) is 13.0 Å². The Morgan fingerprint density at radius 1 is 1.19 bits per heavy atom. The first-order chi connectivity index (χ1) is 10.3. The van der Waals surface area contributed by atoms with E-state index < -0.39 is 0 Å². The number of nitrogens with zero attached hydrogens (tertiary/aromatic N) is 2. The molecule has 3 atom stereocenters. The van der Waals surface area contributed by atoms with E-state index in [0.29, 0.717) is 6.04 Å². The Morgan fingerprint density at radius 3 is 2.95 bits per heavy atom. The Labute approximate surface area is 129 Å². The highest BCUT2D eigenvalue weighted by Crippen LogP contribution is 2.32. The molecule has 0 amide bonds. The van der Waals surface area contributed by atoms with Crippen LogP contribution in [-0.2, 0) is 13.5 Å². The van der Waals surface area contributed by atoms with Gasteiger partial charge in [0.2, 0.25) is 0 Å². The van der Waals surface area contributed by atoms with E-state index in [1.807, 2.05) is 0 Å². The predicted molar refractivity (Wildman–Crippen MR) is 87.3 cm³/mol. The number of fused-ring (bicyclic) bond motifs is 1. The smallest absolute Gasteiger partial charge is 0.0540 e. The third kappa shape index (κ3) is 3.50. The molecule has 3 nitrogen and oxygen atoms in total. The van der Waals surface area contributed by atoms with Gasteiger partial charge in [0, 0.05) is 30.4 Å². The van der Waals surface area contributed by atoms with E-state index in [2.05, 4.69) is 35.3 Å². The Balaban J connectivity index is 1.60. The summed E-state index contributed by atoms with van der Waals surface area (Å²) in [5.41, 5.74) is 2.93. The summed E-state index contributed by atoms with van der Waals surface area (Å²) >= 11 is 0. The molecule has 2 aliphatic rings. The molecular formula is C18H31N3. The average Bonchev–Trinajstić information content (AvgIpc) is 2.73. The van der Waals surface area contributed by atoms with Crippen molar-refractivity contribution < 1.29 is 0 Å². The van der Waals surface area contributed by atoms with Crippen molar-refractivity contribution in [2.45, 2.75) is 83.2 Å². The molecule has 118 valence electrons. The van der Waals surface area contributed by atoms with Crippen LogP contribution in [-0.4, -0.2) is 15.8 Å². The summed E-state index contributed by atoms with van der Waals surface area (Å²) in [5, 5.41) is 8.45. The fourth-order valence-electron chi connectivity index (χ4n) is 4.41. The molecule has 3 heteroatoms. The van der Waals surface area contributed by atoms with Crippen LogP contribution in [0.4, 0.5) is 0 Å². The summed E-state index contributed by atoms with van der Waals surface area (Å²) in [5.74, 6) is 0.988. The Morgan fingerprint density at radius 2 is 2.10 bits per heavy atom. The van der Waals surface area contributed by atoms with Gasteiger partial charge in [-0.15, -0.1) is 0 Å². The van der Waals surface area contributed by atoms with Crippen molar-refractivity contribution in [3.8, 4) is 0 Å². The molecule has 3 unspecified atom stereocenters. The van der Waals surface area contributed by atoms with Crippen LogP contribution in [0, 0.1) is 5.92 Å². The monoisotopic (exact) mass is 289 g/mol. The molecule has 0 saturated heterocycles. The molecule has 2 aliphatic carbocycles. The maximum Gasteiger partial charge on any atom is 0.0540 e. The van der Waals surface area contributed by atoms with Crippen LogP contribution in [0.5, 0.6) is 0 Å². The van der Waals surface area contributed by atoms with E-state index in [4.69, 9.17) is 0 Å². The van der Waals surface area contributed by atoms with E-state index in [9.17, 15) is 0 Å². The molecule has 1 aromatic rings. The van der Waals surface area contributed by atoms with Gasteiger partial charge >= 0.3 is 0 Å². The maximum absolute atomic E-state index is 4.47. The average molecular weight is 289 g/mol. The zero-order valence-electron chi connectivity index (χ0n) is 13.8. The SMILES string of the molecule is CCCC1CCCC(NC2CCCc3c2cnn3C)CC1. The molecule has 1 heterocycles. The number of rotatable bonds is 4. The summed E-state index contributed by atoms with van der Waals surface area (Å²) in [6.45, 7) is 2.33. The third-order valence-electron chi connectivity index (χ3n) is 5.60. The van der Waals surface area contributed by atoms with E-state index in [1.54, 1.807) is 0 Å². The van der Waals surface area contributed by atoms with Crippen LogP contribution in [0.25, 0.3) is 0 Å². The second-order valence-corrected chi connectivity index (χ2v) is 7.14. The van der Waals surface area contributed by atoms with Gasteiger partial charge in [0.1, 0.15) is 0 Å². The van der Waals surface area contributed by atoms with Crippen molar-refractivity contribution in [1.82, 2.24) is 15.1 Å². The summed E-state index contributed by atoms with van der Waals surface area (Å²) in [6.07, 6.45) is 15.7. The van der Waals surface area contributed by atoms with Gasteiger partial charge in [-0.2, -0.15) is 5.10 Å². The number of nitrogens with one attached hydrogen (secondary N) is 1. The minimum absolute atomic E-state index is 0.551. The predicted octanol–water partition coefficient (Wildman–Crippen LogP) is 4.14. The first-order valence-electron chi connectivity index (χ1n) is 9.04. The van der Waals surface area contributed by atoms with Gasteiger partial charge in [-0.3, -0.25) is 4.68 Å². The van der Waals surface area contributed by atoms with Gasteiger partial charge in [0.25, 0.3) is 0 Å². The van der Waals surface area contributed by atoms with Gasteiger partial charge in [-0.05, 0) is 44.4 Å². The molecule has 1 aromatic heterocycles. The fraction of sp³-hybridized carbons (Fsp3) is 0.833. The molecule has 0 aromatic carbocycles. The van der Waals surface area contributed by atoms with Crippen molar-refractivity contribution in [3.63, 3.8) is 0 Å². The maximum atomic E-state index is 4.47. The van der Waals surface area contributed by atoms with Crippen LogP contribution < -0.4 is 5.32 Å². The second-order valence-electron chi connectivity index (χ2n) is 7.14. The van der Waals surface area contributed by atoms with E-state index in [0.717, 1.165) is 12.0 Å². The van der Waals surface area contributed by atoms with Crippen molar-refractivity contribution >= 4 is 0 Å². The van der Waals surface area contributed by atoms with E-state index in [1.165, 1.54) is 75.5 Å². The molecule has 0 bridgehead atoms. The second kappa shape index (κ2) is 6.95. The van der Waals surface area contributed by atoms with Crippen LogP contribution in [0.3, 0.4) is 0 Å². The zero-order chi connectivity index (χ0) is 14.7. The number of hydrogen-bond acceptors (Lipinski definition) is 2. The fourth-order valence-corrected chi connectivity index (χ4v) is 4.41. The summed E-state index contributed by atoms with van der Waals surface area (Å²) in [4.78, 5) is 0. The highest BCUT2D eigenvalue weighted by atomic mass is 15.3. The third-order valence-corrected chi connectivity index (χ3v) is 5.60. The van der Waals surface area contributed by atoms with E-state index in [-0.39, 0.29) is 0 Å². The zero-order valence-corrected chi connectivity index (χ0v) is 13.8. The van der Waals surface area contributed by atoms with Crippen molar-refractivity contribution in [2.75, 3.05) is 0 Å². The molecule has 1 N–H and O–H groups in total. The first-order valence-corrected chi connectivity index (χ1v) is 9.04.